The lowest BCUT2D eigenvalue weighted by molar-refractivity contribution is -0.137. The molecule has 0 saturated heterocycles. The Bertz CT molecular complexity index is 1820. The van der Waals surface area contributed by atoms with Gasteiger partial charge >= 0.3 is 6.18 Å². The molecular formula is C34H30BrF3N6O4. The summed E-state index contributed by atoms with van der Waals surface area (Å²) >= 11 is 3.44. The molecule has 0 unspecified atom stereocenters. The molecule has 1 aliphatic heterocycles. The number of carbonyl (C=O) groups is 1. The molecule has 14 heteroatoms. The molecule has 0 aliphatic carbocycles. The molecule has 3 N–H and O–H groups in total. The number of hydrogen-bond donors (Lipinski definition) is 3. The molecule has 48 heavy (non-hydrogen) atoms. The quantitative estimate of drug-likeness (QED) is 0.0431. The predicted molar refractivity (Wildman–Crippen MR) is 176 cm³/mol. The summed E-state index contributed by atoms with van der Waals surface area (Å²) in [5, 5.41) is 12.9. The fourth-order valence-corrected chi connectivity index (χ4v) is 5.47. The van der Waals surface area contributed by atoms with Crippen molar-refractivity contribution in [3.05, 3.63) is 140 Å². The van der Waals surface area contributed by atoms with E-state index in [1.165, 1.54) is 12.1 Å². The van der Waals surface area contributed by atoms with E-state index in [0.29, 0.717) is 46.7 Å². The Kier molecular flexibility index (Phi) is 11.0. The molecule has 1 heterocycles. The zero-order chi connectivity index (χ0) is 34.1. The van der Waals surface area contributed by atoms with E-state index in [-0.39, 0.29) is 25.5 Å². The Balaban J connectivity index is 1.54. The van der Waals surface area contributed by atoms with Crippen LogP contribution in [0.4, 0.5) is 18.9 Å². The zero-order valence-electron chi connectivity index (χ0n) is 25.3. The topological polar surface area (TPSA) is 141 Å². The first kappa shape index (κ1) is 34.5. The smallest absolute Gasteiger partial charge is 0.416 e. The lowest BCUT2D eigenvalue weighted by atomic mass is 9.81. The minimum absolute atomic E-state index is 0.00191. The monoisotopic (exact) mass is 722 g/mol. The third kappa shape index (κ3) is 8.15. The molecule has 0 saturated carbocycles. The number of benzene rings is 4. The number of hydrazine groups is 1. The van der Waals surface area contributed by atoms with Crippen molar-refractivity contribution in [1.29, 1.82) is 0 Å². The number of halogens is 4. The standard InChI is InChI=1S/C34H30BrF3N6O4/c35-27-13-9-23(10-14-27)30-33(20-25-6-1-2-8-29(25)42-44-39,32(46)43-40-21-22-5-3-7-26(19-22)34(36,37)38)41-31(48-30)24-11-15-28(16-12-24)47-18-4-17-45/h1-3,5-16,19,30,40,45H,4,17-18,20-21H2,(H,43,46)/t30-,33-/m0/s1. The highest BCUT2D eigenvalue weighted by atomic mass is 79.9. The summed E-state index contributed by atoms with van der Waals surface area (Å²) in [6.45, 7) is 0.224. The number of nitrogens with one attached hydrogen (secondary N) is 2. The van der Waals surface area contributed by atoms with Crippen LogP contribution in [0.3, 0.4) is 0 Å². The van der Waals surface area contributed by atoms with Crippen LogP contribution in [-0.2, 0) is 28.7 Å². The van der Waals surface area contributed by atoms with Crippen LogP contribution >= 0.6 is 15.9 Å². The van der Waals surface area contributed by atoms with Crippen LogP contribution in [-0.4, -0.2) is 35.7 Å². The van der Waals surface area contributed by atoms with E-state index in [0.717, 1.165) is 16.6 Å². The zero-order valence-corrected chi connectivity index (χ0v) is 26.9. The summed E-state index contributed by atoms with van der Waals surface area (Å²) in [4.78, 5) is 22.2. The van der Waals surface area contributed by atoms with Gasteiger partial charge in [0.1, 0.15) is 5.75 Å². The highest BCUT2D eigenvalue weighted by Gasteiger charge is 2.53. The number of aliphatic hydroxyl groups is 1. The summed E-state index contributed by atoms with van der Waals surface area (Å²) in [5.74, 6) is 0.109. The molecule has 10 nitrogen and oxygen atoms in total. The summed E-state index contributed by atoms with van der Waals surface area (Å²) in [5.41, 5.74) is 14.4. The molecule has 4 aromatic carbocycles. The molecule has 4 aromatic rings. The van der Waals surface area contributed by atoms with Gasteiger partial charge in [-0.2, -0.15) is 13.2 Å². The van der Waals surface area contributed by atoms with Crippen LogP contribution in [0.5, 0.6) is 5.75 Å². The van der Waals surface area contributed by atoms with Gasteiger partial charge in [-0.3, -0.25) is 10.2 Å². The fraction of sp³-hybridized carbons (Fsp3) is 0.235. The maximum Gasteiger partial charge on any atom is 0.416 e. The molecule has 5 rings (SSSR count). The van der Waals surface area contributed by atoms with Crippen molar-refractivity contribution in [2.75, 3.05) is 13.2 Å². The van der Waals surface area contributed by atoms with E-state index in [4.69, 9.17) is 19.6 Å². The Morgan fingerprint density at radius 2 is 1.81 bits per heavy atom. The number of ether oxygens (including phenoxy) is 2. The van der Waals surface area contributed by atoms with E-state index in [9.17, 15) is 23.5 Å². The lowest BCUT2D eigenvalue weighted by Gasteiger charge is -2.31. The normalized spacial score (nSPS) is 17.2. The van der Waals surface area contributed by atoms with Gasteiger partial charge in [0.15, 0.2) is 11.6 Å². The van der Waals surface area contributed by atoms with Gasteiger partial charge in [-0.25, -0.2) is 10.4 Å². The first-order valence-electron chi connectivity index (χ1n) is 14.8. The van der Waals surface area contributed by atoms with Crippen molar-refractivity contribution in [2.45, 2.75) is 37.2 Å². The minimum atomic E-state index is -4.52. The van der Waals surface area contributed by atoms with Crippen LogP contribution in [0.25, 0.3) is 10.4 Å². The lowest BCUT2D eigenvalue weighted by Crippen LogP contribution is -2.53. The molecule has 0 spiro atoms. The number of nitrogens with zero attached hydrogens (tertiary/aromatic N) is 4. The number of aliphatic hydroxyl groups excluding tert-OH is 1. The molecule has 0 bridgehead atoms. The van der Waals surface area contributed by atoms with Crippen LogP contribution in [0, 0.1) is 0 Å². The number of hydrogen-bond acceptors (Lipinski definition) is 7. The minimum Gasteiger partial charge on any atom is -0.494 e. The third-order valence-corrected chi connectivity index (χ3v) is 8.08. The van der Waals surface area contributed by atoms with Crippen LogP contribution in [0.15, 0.2) is 112 Å². The Morgan fingerprint density at radius 1 is 1.06 bits per heavy atom. The van der Waals surface area contributed by atoms with Gasteiger partial charge in [-0.15, -0.1) is 0 Å². The summed E-state index contributed by atoms with van der Waals surface area (Å²) < 4.78 is 52.8. The first-order valence-corrected chi connectivity index (χ1v) is 15.6. The molecule has 0 aromatic heterocycles. The van der Waals surface area contributed by atoms with E-state index >= 15 is 0 Å². The second-order valence-corrected chi connectivity index (χ2v) is 11.8. The number of aliphatic imine (C=N–C) groups is 1. The number of amides is 1. The summed E-state index contributed by atoms with van der Waals surface area (Å²) in [6, 6.07) is 25.7. The van der Waals surface area contributed by atoms with Crippen molar-refractivity contribution in [2.24, 2.45) is 10.1 Å². The first-order chi connectivity index (χ1) is 23.1. The largest absolute Gasteiger partial charge is 0.494 e. The maximum atomic E-state index is 14.4. The van der Waals surface area contributed by atoms with Crippen LogP contribution in [0.2, 0.25) is 0 Å². The number of alkyl halides is 3. The summed E-state index contributed by atoms with van der Waals surface area (Å²) in [7, 11) is 0. The summed E-state index contributed by atoms with van der Waals surface area (Å²) in [6.07, 6.45) is -5.08. The van der Waals surface area contributed by atoms with E-state index in [1.54, 1.807) is 72.8 Å². The molecular weight excluding hydrogens is 693 g/mol. The predicted octanol–water partition coefficient (Wildman–Crippen LogP) is 7.49. The molecule has 0 fully saturated rings. The van der Waals surface area contributed by atoms with Crippen molar-refractivity contribution in [3.8, 4) is 5.75 Å². The number of rotatable bonds is 13. The van der Waals surface area contributed by atoms with E-state index in [1.807, 2.05) is 0 Å². The van der Waals surface area contributed by atoms with Crippen molar-refractivity contribution >= 4 is 33.4 Å². The van der Waals surface area contributed by atoms with Crippen molar-refractivity contribution in [1.82, 2.24) is 10.9 Å². The van der Waals surface area contributed by atoms with Gasteiger partial charge in [0.05, 0.1) is 12.2 Å². The maximum absolute atomic E-state index is 14.4. The van der Waals surface area contributed by atoms with Crippen molar-refractivity contribution in [3.63, 3.8) is 0 Å². The second kappa shape index (κ2) is 15.3. The fourth-order valence-electron chi connectivity index (χ4n) is 5.21. The number of carbonyl (C=O) groups excluding carboxylic acids is 1. The molecule has 248 valence electrons. The van der Waals surface area contributed by atoms with E-state index < -0.39 is 29.3 Å². The highest BCUT2D eigenvalue weighted by molar-refractivity contribution is 9.10. The molecule has 2 atom stereocenters. The second-order valence-electron chi connectivity index (χ2n) is 10.8. The van der Waals surface area contributed by atoms with Gasteiger partial charge in [-0.05, 0) is 64.7 Å². The molecule has 0 radical (unpaired) electrons. The van der Waals surface area contributed by atoms with Crippen LogP contribution < -0.4 is 15.6 Å². The van der Waals surface area contributed by atoms with Crippen LogP contribution in [0.1, 0.15) is 40.3 Å². The third-order valence-electron chi connectivity index (χ3n) is 7.56. The van der Waals surface area contributed by atoms with Crippen molar-refractivity contribution < 1.29 is 32.5 Å². The van der Waals surface area contributed by atoms with Gasteiger partial charge in [0.2, 0.25) is 5.90 Å². The molecule has 1 aliphatic rings. The Labute approximate surface area is 282 Å². The van der Waals surface area contributed by atoms with Gasteiger partial charge in [0.25, 0.3) is 5.91 Å². The Morgan fingerprint density at radius 3 is 2.52 bits per heavy atom. The van der Waals surface area contributed by atoms with Gasteiger partial charge in [0, 0.05) is 46.6 Å². The molecule has 1 amide bonds. The van der Waals surface area contributed by atoms with Gasteiger partial charge in [-0.1, -0.05) is 75.6 Å². The average Bonchev–Trinajstić information content (AvgIpc) is 3.46. The van der Waals surface area contributed by atoms with Gasteiger partial charge < -0.3 is 14.6 Å². The average molecular weight is 724 g/mol. The van der Waals surface area contributed by atoms with E-state index in [2.05, 4.69) is 36.8 Å². The Hall–Kier alpha value is -4.88. The number of azide groups is 1. The highest BCUT2D eigenvalue weighted by Crippen LogP contribution is 2.44. The SMILES string of the molecule is [N-]=[N+]=Nc1ccccc1C[C@]1(C(=O)NNCc2cccc(C(F)(F)F)c2)N=C(c2ccc(OCCCO)cc2)O[C@H]1c1ccc(Br)cc1.